The maximum atomic E-state index is 10.9. The third-order valence-electron chi connectivity index (χ3n) is 0.509. The predicted molar refractivity (Wildman–Crippen MR) is 40.8 cm³/mol. The molecular formula is C3H7BrClO4P. The Kier molecular flexibility index (Phi) is 5.11. The first-order valence-electron chi connectivity index (χ1n) is 2.43. The van der Waals surface area contributed by atoms with E-state index in [1.807, 2.05) is 0 Å². The molecule has 0 saturated carbocycles. The second-order valence-electron chi connectivity index (χ2n) is 1.74. The second-order valence-corrected chi connectivity index (χ2v) is 4.40. The standard InChI is InChI=1S/C3H7BrClO4P/c1-3(2)7-10(6,8-4)9-5/h3H,1-2H3. The van der Waals surface area contributed by atoms with E-state index in [-0.39, 0.29) is 6.10 Å². The van der Waals surface area contributed by atoms with Crippen molar-refractivity contribution >= 4 is 35.9 Å². The van der Waals surface area contributed by atoms with Crippen LogP contribution in [0.3, 0.4) is 0 Å². The van der Waals surface area contributed by atoms with Gasteiger partial charge in [-0.1, -0.05) is 0 Å². The molecule has 0 aromatic carbocycles. The zero-order valence-electron chi connectivity index (χ0n) is 5.41. The Morgan fingerprint density at radius 2 is 2.10 bits per heavy atom. The summed E-state index contributed by atoms with van der Waals surface area (Å²) in [5.74, 6) is 0. The first-order valence-corrected chi connectivity index (χ1v) is 4.85. The zero-order chi connectivity index (χ0) is 8.20. The molecule has 0 N–H and O–H groups in total. The molecular weight excluding hydrogens is 246 g/mol. The molecule has 0 heterocycles. The lowest BCUT2D eigenvalue weighted by Crippen LogP contribution is -2.00. The molecule has 0 aromatic rings. The lowest BCUT2D eigenvalue weighted by Gasteiger charge is -2.11. The summed E-state index contributed by atoms with van der Waals surface area (Å²) >= 11 is 7.27. The van der Waals surface area contributed by atoms with Crippen LogP contribution in [-0.4, -0.2) is 6.10 Å². The zero-order valence-corrected chi connectivity index (χ0v) is 8.65. The highest BCUT2D eigenvalue weighted by Crippen LogP contribution is 2.53. The van der Waals surface area contributed by atoms with E-state index < -0.39 is 7.82 Å². The fraction of sp³-hybridized carbons (Fsp3) is 1.00. The van der Waals surface area contributed by atoms with Crippen LogP contribution in [0.1, 0.15) is 13.8 Å². The van der Waals surface area contributed by atoms with Crippen LogP contribution in [0.5, 0.6) is 0 Å². The van der Waals surface area contributed by atoms with Crippen LogP contribution in [0.25, 0.3) is 0 Å². The molecule has 1 atom stereocenters. The van der Waals surface area contributed by atoms with Gasteiger partial charge in [0.2, 0.25) is 0 Å². The van der Waals surface area contributed by atoms with Gasteiger partial charge in [0.1, 0.15) is 16.3 Å². The Balaban J connectivity index is 3.94. The van der Waals surface area contributed by atoms with Gasteiger partial charge in [-0.2, -0.15) is 4.08 Å². The van der Waals surface area contributed by atoms with Crippen LogP contribution in [0.15, 0.2) is 0 Å². The van der Waals surface area contributed by atoms with Crippen molar-refractivity contribution in [2.45, 2.75) is 20.0 Å². The van der Waals surface area contributed by atoms with Gasteiger partial charge in [0.05, 0.1) is 18.0 Å². The van der Waals surface area contributed by atoms with Gasteiger partial charge >= 0.3 is 7.82 Å². The van der Waals surface area contributed by atoms with Gasteiger partial charge in [-0.3, -0.25) is 4.52 Å². The van der Waals surface area contributed by atoms with Crippen molar-refractivity contribution in [1.82, 2.24) is 0 Å². The number of halogens is 2. The minimum absolute atomic E-state index is 0.276. The number of phosphoric acid groups is 1. The van der Waals surface area contributed by atoms with Crippen LogP contribution < -0.4 is 0 Å². The molecule has 0 fully saturated rings. The lowest BCUT2D eigenvalue weighted by atomic mass is 10.5. The smallest absolute Gasteiger partial charge is 0.283 e. The summed E-state index contributed by atoms with van der Waals surface area (Å²) in [4.78, 5) is 0. The SMILES string of the molecule is CC(C)OP(=O)(OCl)OBr. The van der Waals surface area contributed by atoms with E-state index in [2.05, 4.69) is 28.5 Å². The van der Waals surface area contributed by atoms with Crippen molar-refractivity contribution in [1.29, 1.82) is 0 Å². The maximum Gasteiger partial charge on any atom is 0.502 e. The Hall–Kier alpha value is 0.880. The average molecular weight is 253 g/mol. The highest BCUT2D eigenvalue weighted by molar-refractivity contribution is 9.06. The van der Waals surface area contributed by atoms with Crippen LogP contribution in [0.2, 0.25) is 0 Å². The van der Waals surface area contributed by atoms with Gasteiger partial charge in [-0.05, 0) is 13.8 Å². The summed E-state index contributed by atoms with van der Waals surface area (Å²) < 4.78 is 23.7. The molecule has 0 aliphatic carbocycles. The van der Waals surface area contributed by atoms with E-state index in [4.69, 9.17) is 11.9 Å². The first-order chi connectivity index (χ1) is 4.54. The van der Waals surface area contributed by atoms with Gasteiger partial charge in [-0.25, -0.2) is 8.18 Å². The average Bonchev–Trinajstić information content (AvgIpc) is 1.87. The minimum atomic E-state index is -3.56. The normalized spacial score (nSPS) is 17.3. The maximum absolute atomic E-state index is 10.9. The molecule has 62 valence electrons. The van der Waals surface area contributed by atoms with E-state index in [1.54, 1.807) is 13.8 Å². The van der Waals surface area contributed by atoms with Crippen molar-refractivity contribution in [2.75, 3.05) is 0 Å². The van der Waals surface area contributed by atoms with E-state index in [1.165, 1.54) is 0 Å². The molecule has 0 radical (unpaired) electrons. The molecule has 0 spiro atoms. The van der Waals surface area contributed by atoms with Crippen LogP contribution in [0.4, 0.5) is 0 Å². The summed E-state index contributed by atoms with van der Waals surface area (Å²) in [5, 5.41) is 0. The second kappa shape index (κ2) is 4.70. The van der Waals surface area contributed by atoms with Crippen molar-refractivity contribution in [3.63, 3.8) is 0 Å². The Bertz CT molecular complexity index is 132. The Morgan fingerprint density at radius 1 is 1.60 bits per heavy atom. The highest BCUT2D eigenvalue weighted by atomic mass is 79.9. The van der Waals surface area contributed by atoms with Crippen LogP contribution >= 0.6 is 35.9 Å². The molecule has 0 amide bonds. The van der Waals surface area contributed by atoms with Crippen molar-refractivity contribution in [3.8, 4) is 0 Å². The molecule has 0 aromatic heterocycles. The van der Waals surface area contributed by atoms with Crippen LogP contribution in [0, 0.1) is 0 Å². The van der Waals surface area contributed by atoms with Gasteiger partial charge in [-0.15, -0.1) is 0 Å². The largest absolute Gasteiger partial charge is 0.502 e. The molecule has 1 unspecified atom stereocenters. The summed E-state index contributed by atoms with van der Waals surface area (Å²) in [5.41, 5.74) is 0. The molecule has 10 heavy (non-hydrogen) atoms. The summed E-state index contributed by atoms with van der Waals surface area (Å²) in [6, 6.07) is 0. The highest BCUT2D eigenvalue weighted by Gasteiger charge is 2.27. The molecule has 7 heteroatoms. The molecule has 0 saturated heterocycles. The molecule has 0 aliphatic heterocycles. The Labute approximate surface area is 73.0 Å². The summed E-state index contributed by atoms with van der Waals surface area (Å²) in [7, 11) is -3.56. The van der Waals surface area contributed by atoms with Crippen molar-refractivity contribution < 1.29 is 16.8 Å². The molecule has 0 bridgehead atoms. The first kappa shape index (κ1) is 10.9. The van der Waals surface area contributed by atoms with E-state index in [9.17, 15) is 4.57 Å². The third-order valence-corrected chi connectivity index (χ3v) is 3.10. The summed E-state index contributed by atoms with van der Waals surface area (Å²) in [6.07, 6.45) is -0.276. The van der Waals surface area contributed by atoms with Crippen molar-refractivity contribution in [2.24, 2.45) is 0 Å². The molecule has 0 rings (SSSR count). The quantitative estimate of drug-likeness (QED) is 0.722. The van der Waals surface area contributed by atoms with Gasteiger partial charge in [0, 0.05) is 0 Å². The predicted octanol–water partition coefficient (Wildman–Crippen LogP) is 3.02. The van der Waals surface area contributed by atoms with E-state index in [0.29, 0.717) is 0 Å². The lowest BCUT2D eigenvalue weighted by molar-refractivity contribution is 0.178. The number of hydrogen-bond acceptors (Lipinski definition) is 4. The minimum Gasteiger partial charge on any atom is -0.283 e. The van der Waals surface area contributed by atoms with Gasteiger partial charge in [0.15, 0.2) is 0 Å². The fourth-order valence-electron chi connectivity index (χ4n) is 0.301. The third kappa shape index (κ3) is 3.91. The molecule has 0 aliphatic rings. The topological polar surface area (TPSA) is 44.8 Å². The number of rotatable bonds is 4. The number of hydrogen-bond donors (Lipinski definition) is 0. The van der Waals surface area contributed by atoms with E-state index >= 15 is 0 Å². The van der Waals surface area contributed by atoms with Crippen LogP contribution in [-0.2, 0) is 16.8 Å². The monoisotopic (exact) mass is 252 g/mol. The van der Waals surface area contributed by atoms with Gasteiger partial charge in [0.25, 0.3) is 0 Å². The van der Waals surface area contributed by atoms with Crippen molar-refractivity contribution in [3.05, 3.63) is 0 Å². The molecule has 4 nitrogen and oxygen atoms in total. The van der Waals surface area contributed by atoms with E-state index in [0.717, 1.165) is 0 Å². The Morgan fingerprint density at radius 3 is 2.20 bits per heavy atom. The van der Waals surface area contributed by atoms with Gasteiger partial charge < -0.3 is 0 Å². The summed E-state index contributed by atoms with van der Waals surface area (Å²) in [6.45, 7) is 3.35. The fourth-order valence-corrected chi connectivity index (χ4v) is 1.67.